The number of amides is 1. The second-order valence-corrected chi connectivity index (χ2v) is 9.35. The summed E-state index contributed by atoms with van der Waals surface area (Å²) >= 11 is 3.23. The number of nitrogens with one attached hydrogen (secondary N) is 1. The second kappa shape index (κ2) is 9.97. The van der Waals surface area contributed by atoms with Crippen LogP contribution in [0.2, 0.25) is 0 Å². The lowest BCUT2D eigenvalue weighted by Gasteiger charge is -2.08. The average molecular weight is 488 g/mol. The molecule has 1 aromatic heterocycles. The zero-order valence-corrected chi connectivity index (χ0v) is 18.9. The summed E-state index contributed by atoms with van der Waals surface area (Å²) in [6.45, 7) is 2.59. The van der Waals surface area contributed by atoms with Gasteiger partial charge in [-0.05, 0) is 52.7 Å². The first-order valence-corrected chi connectivity index (χ1v) is 11.7. The van der Waals surface area contributed by atoms with Crippen molar-refractivity contribution in [3.05, 3.63) is 94.0 Å². The van der Waals surface area contributed by atoms with E-state index >= 15 is 0 Å². The minimum atomic E-state index is -3.71. The third kappa shape index (κ3) is 5.98. The van der Waals surface area contributed by atoms with Gasteiger partial charge in [0.15, 0.2) is 0 Å². The number of hydrogen-bond acceptors (Lipinski definition) is 3. The lowest BCUT2D eigenvalue weighted by atomic mass is 10.1. The summed E-state index contributed by atoms with van der Waals surface area (Å²) < 4.78 is 29.6. The van der Waals surface area contributed by atoms with Gasteiger partial charge in [0.2, 0.25) is 15.9 Å². The van der Waals surface area contributed by atoms with Crippen molar-refractivity contribution in [3.8, 4) is 0 Å². The fourth-order valence-corrected chi connectivity index (χ4v) is 4.84. The van der Waals surface area contributed by atoms with Crippen LogP contribution in [0, 0.1) is 6.92 Å². The molecule has 6 nitrogen and oxygen atoms in total. The molecule has 2 aromatic carbocycles. The van der Waals surface area contributed by atoms with Crippen molar-refractivity contribution in [1.82, 2.24) is 9.29 Å². The molecule has 1 heterocycles. The summed E-state index contributed by atoms with van der Waals surface area (Å²) in [6, 6.07) is 20.1. The van der Waals surface area contributed by atoms with Crippen molar-refractivity contribution in [2.75, 3.05) is 6.54 Å². The SMILES string of the molecule is Cc1ccc(Cn2ccccc2=NC(=O)CCNS(=O)(=O)c2ccccc2Br)cc1. The molecule has 0 aliphatic heterocycles. The molecule has 3 aromatic rings. The number of aryl methyl sites for hydroxylation is 1. The summed E-state index contributed by atoms with van der Waals surface area (Å²) in [5, 5.41) is 0. The zero-order chi connectivity index (χ0) is 21.6. The number of aromatic nitrogens is 1. The molecule has 0 aliphatic carbocycles. The van der Waals surface area contributed by atoms with Gasteiger partial charge < -0.3 is 4.57 Å². The van der Waals surface area contributed by atoms with E-state index in [0.717, 1.165) is 5.56 Å². The van der Waals surface area contributed by atoms with Crippen LogP contribution in [0.4, 0.5) is 0 Å². The largest absolute Gasteiger partial charge is 0.329 e. The highest BCUT2D eigenvalue weighted by Crippen LogP contribution is 2.20. The Bertz CT molecular complexity index is 1200. The van der Waals surface area contributed by atoms with Crippen LogP contribution in [0.1, 0.15) is 17.5 Å². The molecule has 30 heavy (non-hydrogen) atoms. The molecule has 0 saturated heterocycles. The fourth-order valence-electron chi connectivity index (χ4n) is 2.81. The van der Waals surface area contributed by atoms with Crippen LogP contribution in [0.15, 0.2) is 87.3 Å². The van der Waals surface area contributed by atoms with Gasteiger partial charge in [0.05, 0.1) is 4.90 Å². The molecule has 0 fully saturated rings. The van der Waals surface area contributed by atoms with Crippen LogP contribution in [-0.4, -0.2) is 25.4 Å². The van der Waals surface area contributed by atoms with Crippen LogP contribution in [0.25, 0.3) is 0 Å². The highest BCUT2D eigenvalue weighted by molar-refractivity contribution is 9.10. The topological polar surface area (TPSA) is 80.5 Å². The van der Waals surface area contributed by atoms with Crippen LogP contribution < -0.4 is 10.2 Å². The summed E-state index contributed by atoms with van der Waals surface area (Å²) in [6.07, 6.45) is 1.82. The monoisotopic (exact) mass is 487 g/mol. The molecule has 1 amide bonds. The Labute approximate surface area is 184 Å². The van der Waals surface area contributed by atoms with Gasteiger partial charge in [0, 0.05) is 30.2 Å². The molecule has 0 atom stereocenters. The van der Waals surface area contributed by atoms with Gasteiger partial charge in [-0.1, -0.05) is 48.0 Å². The van der Waals surface area contributed by atoms with Gasteiger partial charge in [-0.15, -0.1) is 0 Å². The van der Waals surface area contributed by atoms with Crippen molar-refractivity contribution in [2.45, 2.75) is 24.8 Å². The average Bonchev–Trinajstić information content (AvgIpc) is 2.71. The van der Waals surface area contributed by atoms with E-state index in [1.54, 1.807) is 24.3 Å². The maximum atomic E-state index is 12.4. The van der Waals surface area contributed by atoms with Crippen LogP contribution in [0.5, 0.6) is 0 Å². The fraction of sp³-hybridized carbons (Fsp3) is 0.182. The van der Waals surface area contributed by atoms with Crippen LogP contribution in [-0.2, 0) is 21.4 Å². The third-order valence-corrected chi connectivity index (χ3v) is 6.86. The number of halogens is 1. The first-order valence-electron chi connectivity index (χ1n) is 9.38. The Morgan fingerprint density at radius 2 is 1.73 bits per heavy atom. The Kier molecular flexibility index (Phi) is 7.36. The Morgan fingerprint density at radius 1 is 1.03 bits per heavy atom. The number of carbonyl (C=O) groups is 1. The molecule has 0 radical (unpaired) electrons. The van der Waals surface area contributed by atoms with Gasteiger partial charge in [0.25, 0.3) is 0 Å². The molecule has 156 valence electrons. The number of nitrogens with zero attached hydrogens (tertiary/aromatic N) is 2. The van der Waals surface area contributed by atoms with E-state index in [1.165, 1.54) is 11.6 Å². The van der Waals surface area contributed by atoms with Crippen molar-refractivity contribution < 1.29 is 13.2 Å². The van der Waals surface area contributed by atoms with E-state index < -0.39 is 15.9 Å². The van der Waals surface area contributed by atoms with Crippen LogP contribution >= 0.6 is 15.9 Å². The number of hydrogen-bond donors (Lipinski definition) is 1. The smallest absolute Gasteiger partial charge is 0.248 e. The normalized spacial score (nSPS) is 12.1. The molecule has 8 heteroatoms. The molecule has 0 bridgehead atoms. The van der Waals surface area contributed by atoms with Gasteiger partial charge in [-0.2, -0.15) is 4.99 Å². The van der Waals surface area contributed by atoms with Gasteiger partial charge in [-0.3, -0.25) is 4.79 Å². The highest BCUT2D eigenvalue weighted by Gasteiger charge is 2.16. The first-order chi connectivity index (χ1) is 14.3. The molecule has 0 aliphatic rings. The lowest BCUT2D eigenvalue weighted by Crippen LogP contribution is -2.27. The van der Waals surface area contributed by atoms with Crippen molar-refractivity contribution in [3.63, 3.8) is 0 Å². The minimum Gasteiger partial charge on any atom is -0.329 e. The molecule has 3 rings (SSSR count). The van der Waals surface area contributed by atoms with E-state index in [1.807, 2.05) is 54.1 Å². The van der Waals surface area contributed by atoms with Gasteiger partial charge in [-0.25, -0.2) is 13.1 Å². The summed E-state index contributed by atoms with van der Waals surface area (Å²) in [5.74, 6) is -0.395. The Balaban J connectivity index is 1.67. The Hall–Kier alpha value is -2.55. The second-order valence-electron chi connectivity index (χ2n) is 6.76. The van der Waals surface area contributed by atoms with Crippen molar-refractivity contribution >= 4 is 31.9 Å². The zero-order valence-electron chi connectivity index (χ0n) is 16.5. The van der Waals surface area contributed by atoms with E-state index in [-0.39, 0.29) is 17.9 Å². The van der Waals surface area contributed by atoms with Crippen molar-refractivity contribution in [1.29, 1.82) is 0 Å². The standard InChI is InChI=1S/C22H22BrN3O3S/c1-17-9-11-18(12-10-17)16-26-15-5-4-8-21(26)25-22(27)13-14-24-30(28,29)20-7-3-2-6-19(20)23/h2-12,15,24H,13-14,16H2,1H3. The Morgan fingerprint density at radius 3 is 2.47 bits per heavy atom. The van der Waals surface area contributed by atoms with Crippen molar-refractivity contribution in [2.24, 2.45) is 4.99 Å². The number of pyridine rings is 1. The highest BCUT2D eigenvalue weighted by atomic mass is 79.9. The van der Waals surface area contributed by atoms with E-state index in [2.05, 4.69) is 25.6 Å². The predicted molar refractivity (Wildman–Crippen MR) is 119 cm³/mol. The van der Waals surface area contributed by atoms with Gasteiger partial charge >= 0.3 is 0 Å². The number of carbonyl (C=O) groups excluding carboxylic acids is 1. The van der Waals surface area contributed by atoms with E-state index in [4.69, 9.17) is 0 Å². The number of rotatable bonds is 7. The summed E-state index contributed by atoms with van der Waals surface area (Å²) in [5.41, 5.74) is 2.81. The van der Waals surface area contributed by atoms with Crippen LogP contribution in [0.3, 0.4) is 0 Å². The first kappa shape index (κ1) is 22.1. The minimum absolute atomic E-state index is 0.0310. The maximum absolute atomic E-state index is 12.4. The molecular formula is C22H22BrN3O3S. The molecule has 0 spiro atoms. The van der Waals surface area contributed by atoms with E-state index in [9.17, 15) is 13.2 Å². The quantitative estimate of drug-likeness (QED) is 0.554. The third-order valence-electron chi connectivity index (χ3n) is 4.39. The summed E-state index contributed by atoms with van der Waals surface area (Å²) in [7, 11) is -3.71. The van der Waals surface area contributed by atoms with Gasteiger partial charge in [0.1, 0.15) is 5.49 Å². The molecular weight excluding hydrogens is 466 g/mol. The maximum Gasteiger partial charge on any atom is 0.248 e. The molecule has 1 N–H and O–H groups in total. The number of benzene rings is 2. The lowest BCUT2D eigenvalue weighted by molar-refractivity contribution is -0.117. The van der Waals surface area contributed by atoms with E-state index in [0.29, 0.717) is 16.5 Å². The molecule has 0 saturated carbocycles. The predicted octanol–water partition coefficient (Wildman–Crippen LogP) is 3.40. The molecule has 0 unspecified atom stereocenters. The number of sulfonamides is 1. The summed E-state index contributed by atoms with van der Waals surface area (Å²) in [4.78, 5) is 16.6.